The molecule has 166 valence electrons. The zero-order valence-corrected chi connectivity index (χ0v) is 18.9. The predicted octanol–water partition coefficient (Wildman–Crippen LogP) is 5.45. The number of ether oxygens (including phenoxy) is 2. The summed E-state index contributed by atoms with van der Waals surface area (Å²) in [4.78, 5) is 15.0. The monoisotopic (exact) mass is 429 g/mol. The molecule has 1 aliphatic heterocycles. The van der Waals surface area contributed by atoms with Crippen molar-refractivity contribution in [3.05, 3.63) is 101 Å². The molecule has 0 spiro atoms. The third-order valence-electron chi connectivity index (χ3n) is 5.81. The van der Waals surface area contributed by atoms with Crippen LogP contribution in [0.5, 0.6) is 5.75 Å². The van der Waals surface area contributed by atoms with E-state index in [9.17, 15) is 4.79 Å². The first-order valence-electron chi connectivity index (χ1n) is 11.4. The van der Waals surface area contributed by atoms with Gasteiger partial charge in [0.25, 0.3) is 5.91 Å². The lowest BCUT2D eigenvalue weighted by Gasteiger charge is -2.24. The van der Waals surface area contributed by atoms with Crippen molar-refractivity contribution in [3.8, 4) is 5.75 Å². The topological polar surface area (TPSA) is 38.8 Å². The van der Waals surface area contributed by atoms with Crippen molar-refractivity contribution in [1.82, 2.24) is 4.90 Å². The highest BCUT2D eigenvalue weighted by Gasteiger charge is 2.17. The van der Waals surface area contributed by atoms with Crippen LogP contribution in [-0.2, 0) is 17.7 Å². The molecule has 0 saturated carbocycles. The van der Waals surface area contributed by atoms with Gasteiger partial charge in [0, 0.05) is 25.1 Å². The van der Waals surface area contributed by atoms with Gasteiger partial charge in [0.05, 0.1) is 13.2 Å². The minimum atomic E-state index is 0.0230. The van der Waals surface area contributed by atoms with Crippen molar-refractivity contribution in [3.63, 3.8) is 0 Å². The molecule has 4 nitrogen and oxygen atoms in total. The Balaban J connectivity index is 1.63. The molecule has 4 rings (SSSR count). The molecule has 3 aromatic carbocycles. The van der Waals surface area contributed by atoms with E-state index in [4.69, 9.17) is 9.47 Å². The van der Waals surface area contributed by atoms with E-state index in [2.05, 4.69) is 56.3 Å². The minimum absolute atomic E-state index is 0.0230. The Hall–Kier alpha value is -3.11. The Morgan fingerprint density at radius 2 is 1.69 bits per heavy atom. The second kappa shape index (κ2) is 10.5. The van der Waals surface area contributed by atoms with Gasteiger partial charge in [-0.1, -0.05) is 68.4 Å². The van der Waals surface area contributed by atoms with Crippen LogP contribution in [0.3, 0.4) is 0 Å². The third-order valence-corrected chi connectivity index (χ3v) is 5.81. The molecule has 0 fully saturated rings. The lowest BCUT2D eigenvalue weighted by atomic mass is 9.96. The van der Waals surface area contributed by atoms with E-state index in [1.807, 2.05) is 35.2 Å². The summed E-state index contributed by atoms with van der Waals surface area (Å²) in [5.74, 6) is 1.40. The van der Waals surface area contributed by atoms with Gasteiger partial charge in [-0.15, -0.1) is 0 Å². The smallest absolute Gasteiger partial charge is 0.254 e. The number of rotatable bonds is 2. The zero-order chi connectivity index (χ0) is 22.3. The summed E-state index contributed by atoms with van der Waals surface area (Å²) in [6.45, 7) is 6.95. The molecular formula is C28H31NO3. The van der Waals surface area contributed by atoms with Gasteiger partial charge in [0.1, 0.15) is 12.4 Å². The van der Waals surface area contributed by atoms with Crippen LogP contribution in [0.4, 0.5) is 0 Å². The van der Waals surface area contributed by atoms with Crippen LogP contribution in [0.2, 0.25) is 0 Å². The Bertz CT molecular complexity index is 1050. The van der Waals surface area contributed by atoms with Gasteiger partial charge >= 0.3 is 0 Å². The highest BCUT2D eigenvalue weighted by Crippen LogP contribution is 2.27. The third kappa shape index (κ3) is 5.57. The molecule has 2 bridgehead atoms. The maximum absolute atomic E-state index is 13.1. The minimum Gasteiger partial charge on any atom is -0.491 e. The van der Waals surface area contributed by atoms with Crippen LogP contribution in [0, 0.1) is 0 Å². The van der Waals surface area contributed by atoms with Crippen molar-refractivity contribution in [2.24, 2.45) is 0 Å². The van der Waals surface area contributed by atoms with Crippen LogP contribution >= 0.6 is 0 Å². The first kappa shape index (κ1) is 22.1. The fourth-order valence-electron chi connectivity index (χ4n) is 4.02. The fraction of sp³-hybridized carbons (Fsp3) is 0.321. The molecule has 0 atom stereocenters. The number of benzene rings is 3. The van der Waals surface area contributed by atoms with E-state index in [0.717, 1.165) is 17.7 Å². The summed E-state index contributed by atoms with van der Waals surface area (Å²) in [7, 11) is 0. The quantitative estimate of drug-likeness (QED) is 0.544. The molecule has 0 aromatic heterocycles. The molecule has 1 heterocycles. The summed E-state index contributed by atoms with van der Waals surface area (Å²) in [5, 5.41) is 0. The van der Waals surface area contributed by atoms with Crippen molar-refractivity contribution < 1.29 is 14.3 Å². The lowest BCUT2D eigenvalue weighted by molar-refractivity contribution is 0.0571. The lowest BCUT2D eigenvalue weighted by Crippen LogP contribution is -2.34. The summed E-state index contributed by atoms with van der Waals surface area (Å²) in [5.41, 5.74) is 5.52. The fourth-order valence-corrected chi connectivity index (χ4v) is 4.02. The number of fused-ring (bicyclic) bond motifs is 3. The highest BCUT2D eigenvalue weighted by atomic mass is 16.5. The van der Waals surface area contributed by atoms with Crippen LogP contribution in [0.15, 0.2) is 72.8 Å². The van der Waals surface area contributed by atoms with Crippen LogP contribution in [0.25, 0.3) is 0 Å². The normalized spacial score (nSPS) is 14.9. The van der Waals surface area contributed by atoms with Gasteiger partial charge in [0.2, 0.25) is 0 Å². The van der Waals surface area contributed by atoms with Gasteiger partial charge in [-0.05, 0) is 46.4 Å². The van der Waals surface area contributed by atoms with E-state index in [-0.39, 0.29) is 5.91 Å². The summed E-state index contributed by atoms with van der Waals surface area (Å²) < 4.78 is 11.9. The van der Waals surface area contributed by atoms with E-state index < -0.39 is 0 Å². The van der Waals surface area contributed by atoms with Gasteiger partial charge in [0.15, 0.2) is 0 Å². The average Bonchev–Trinajstić information content (AvgIpc) is 2.81. The second-order valence-corrected chi connectivity index (χ2v) is 8.57. The summed E-state index contributed by atoms with van der Waals surface area (Å²) >= 11 is 0. The second-order valence-electron chi connectivity index (χ2n) is 8.57. The molecule has 0 radical (unpaired) electrons. The first-order chi connectivity index (χ1) is 15.6. The van der Waals surface area contributed by atoms with Crippen LogP contribution in [0.1, 0.15) is 52.4 Å². The molecule has 0 aliphatic carbocycles. The van der Waals surface area contributed by atoms with Crippen molar-refractivity contribution in [2.45, 2.75) is 32.7 Å². The molecule has 4 heteroatoms. The Morgan fingerprint density at radius 1 is 0.875 bits per heavy atom. The standard InChI is InChI=1S/C28H31NO3/c1-21(2)25-11-12-27-26(19-25)18-22-7-6-8-23(17-22)20-29(13-14-31-15-16-32-27)28(30)24-9-4-3-5-10-24/h3-12,17,19,21H,13-16,18,20H2,1-2H3. The zero-order valence-electron chi connectivity index (χ0n) is 18.9. The predicted molar refractivity (Wildman–Crippen MR) is 127 cm³/mol. The first-order valence-corrected chi connectivity index (χ1v) is 11.4. The van der Waals surface area contributed by atoms with Crippen LogP contribution < -0.4 is 4.74 Å². The average molecular weight is 430 g/mol. The largest absolute Gasteiger partial charge is 0.491 e. The van der Waals surface area contributed by atoms with Crippen molar-refractivity contribution >= 4 is 5.91 Å². The van der Waals surface area contributed by atoms with E-state index >= 15 is 0 Å². The van der Waals surface area contributed by atoms with Gasteiger partial charge in [-0.2, -0.15) is 0 Å². The SMILES string of the molecule is CC(C)c1ccc2c(c1)Cc1cccc(c1)CN(C(=O)c1ccccc1)CCOCCO2. The Morgan fingerprint density at radius 3 is 2.50 bits per heavy atom. The number of carbonyl (C=O) groups is 1. The molecular weight excluding hydrogens is 398 g/mol. The molecule has 32 heavy (non-hydrogen) atoms. The van der Waals surface area contributed by atoms with Crippen LogP contribution in [-0.4, -0.2) is 37.2 Å². The number of hydrogen-bond acceptors (Lipinski definition) is 3. The number of hydrogen-bond donors (Lipinski definition) is 0. The maximum Gasteiger partial charge on any atom is 0.254 e. The molecule has 3 aromatic rings. The van der Waals surface area contributed by atoms with E-state index in [0.29, 0.717) is 44.4 Å². The molecule has 1 aliphatic rings. The number of carbonyl (C=O) groups excluding carboxylic acids is 1. The van der Waals surface area contributed by atoms with E-state index in [1.54, 1.807) is 0 Å². The van der Waals surface area contributed by atoms with Crippen molar-refractivity contribution in [2.75, 3.05) is 26.4 Å². The maximum atomic E-state index is 13.1. The number of amides is 1. The summed E-state index contributed by atoms with van der Waals surface area (Å²) in [6.07, 6.45) is 0.789. The van der Waals surface area contributed by atoms with Gasteiger partial charge < -0.3 is 14.4 Å². The molecule has 1 amide bonds. The highest BCUT2D eigenvalue weighted by molar-refractivity contribution is 5.94. The van der Waals surface area contributed by atoms with E-state index in [1.165, 1.54) is 16.7 Å². The molecule has 0 unspecified atom stereocenters. The Kier molecular flexibility index (Phi) is 7.23. The summed E-state index contributed by atoms with van der Waals surface area (Å²) in [6, 6.07) is 24.4. The molecule has 0 N–H and O–H groups in total. The van der Waals surface area contributed by atoms with Gasteiger partial charge in [-0.3, -0.25) is 4.79 Å². The Labute approximate surface area is 190 Å². The number of nitrogens with zero attached hydrogens (tertiary/aromatic N) is 1. The molecule has 0 saturated heterocycles. The van der Waals surface area contributed by atoms with Gasteiger partial charge in [-0.25, -0.2) is 0 Å². The van der Waals surface area contributed by atoms with Crippen molar-refractivity contribution in [1.29, 1.82) is 0 Å².